The number of carboxylic acids is 1. The molecule has 0 saturated carbocycles. The molecule has 1 N–H and O–H groups in total. The minimum atomic E-state index is -3.84. The Morgan fingerprint density at radius 3 is 2.20 bits per heavy atom. The molecule has 0 bridgehead atoms. The summed E-state index contributed by atoms with van der Waals surface area (Å²) >= 11 is 13.5. The van der Waals surface area contributed by atoms with Gasteiger partial charge in [0.2, 0.25) is 0 Å². The van der Waals surface area contributed by atoms with Crippen LogP contribution in [0.1, 0.15) is 0 Å². The molecule has 0 aliphatic carbocycles. The molecule has 0 aliphatic heterocycles. The van der Waals surface area contributed by atoms with Crippen molar-refractivity contribution in [2.75, 3.05) is 22.2 Å². The van der Waals surface area contributed by atoms with Crippen LogP contribution < -0.4 is 8.61 Å². The van der Waals surface area contributed by atoms with E-state index in [-0.39, 0.29) is 11.4 Å². The highest BCUT2D eigenvalue weighted by Gasteiger charge is 2.24. The van der Waals surface area contributed by atoms with E-state index >= 15 is 0 Å². The lowest BCUT2D eigenvalue weighted by Crippen LogP contribution is -2.27. The molecule has 4 aromatic rings. The monoisotopic (exact) mass is 546 g/mol. The van der Waals surface area contributed by atoms with E-state index in [1.165, 1.54) is 23.5 Å². The minimum Gasteiger partial charge on any atom is -0.480 e. The van der Waals surface area contributed by atoms with Gasteiger partial charge in [0.15, 0.2) is 0 Å². The number of nitrogens with zero attached hydrogens (tertiary/aromatic N) is 2. The summed E-state index contributed by atoms with van der Waals surface area (Å²) in [6, 6.07) is 23.9. The van der Waals surface area contributed by atoms with Gasteiger partial charge in [-0.15, -0.1) is 0 Å². The van der Waals surface area contributed by atoms with Gasteiger partial charge in [0.25, 0.3) is 10.0 Å². The fraction of sp³-hybridized carbons (Fsp3) is 0.0800. The van der Waals surface area contributed by atoms with Crippen LogP contribution in [0.3, 0.4) is 0 Å². The van der Waals surface area contributed by atoms with Gasteiger partial charge in [-0.25, -0.2) is 8.42 Å². The first-order chi connectivity index (χ1) is 16.6. The van der Waals surface area contributed by atoms with Crippen LogP contribution in [0, 0.1) is 0 Å². The van der Waals surface area contributed by atoms with Crippen LogP contribution in [-0.4, -0.2) is 33.1 Å². The molecule has 0 spiro atoms. The van der Waals surface area contributed by atoms with Gasteiger partial charge < -0.3 is 9.41 Å². The molecule has 0 saturated heterocycles. The van der Waals surface area contributed by atoms with Crippen molar-refractivity contribution in [3.63, 3.8) is 0 Å². The van der Waals surface area contributed by atoms with Gasteiger partial charge >= 0.3 is 5.97 Å². The number of sulfonamides is 1. The Labute approximate surface area is 217 Å². The van der Waals surface area contributed by atoms with Gasteiger partial charge in [-0.05, 0) is 59.8 Å². The maximum absolute atomic E-state index is 13.3. The molecule has 35 heavy (non-hydrogen) atoms. The Morgan fingerprint density at radius 2 is 1.54 bits per heavy atom. The van der Waals surface area contributed by atoms with Crippen molar-refractivity contribution in [3.8, 4) is 0 Å². The highest BCUT2D eigenvalue weighted by Crippen LogP contribution is 2.39. The Bertz CT molecular complexity index is 1480. The zero-order valence-electron chi connectivity index (χ0n) is 18.4. The van der Waals surface area contributed by atoms with Crippen LogP contribution >= 0.6 is 35.1 Å². The molecule has 0 unspecified atom stereocenters. The fourth-order valence-corrected chi connectivity index (χ4v) is 6.44. The molecular formula is C25H20Cl2N2O4S2. The second-order valence-corrected chi connectivity index (χ2v) is 11.5. The van der Waals surface area contributed by atoms with Crippen LogP contribution in [0.5, 0.6) is 0 Å². The summed E-state index contributed by atoms with van der Waals surface area (Å²) in [5, 5.41) is 12.0. The molecule has 0 fully saturated rings. The van der Waals surface area contributed by atoms with Crippen molar-refractivity contribution in [2.24, 2.45) is 0 Å². The van der Waals surface area contributed by atoms with Crippen LogP contribution in [0.15, 0.2) is 94.7 Å². The van der Waals surface area contributed by atoms with Gasteiger partial charge in [0.05, 0.1) is 16.3 Å². The molecule has 0 amide bonds. The number of hydrogen-bond acceptors (Lipinski definition) is 5. The fourth-order valence-electron chi connectivity index (χ4n) is 3.55. The predicted octanol–water partition coefficient (Wildman–Crippen LogP) is 6.57. The van der Waals surface area contributed by atoms with Crippen molar-refractivity contribution < 1.29 is 18.3 Å². The predicted molar refractivity (Wildman–Crippen MR) is 143 cm³/mol. The molecule has 0 radical (unpaired) electrons. The molecule has 0 aromatic heterocycles. The van der Waals surface area contributed by atoms with Crippen LogP contribution in [-0.2, 0) is 14.8 Å². The van der Waals surface area contributed by atoms with Crippen LogP contribution in [0.25, 0.3) is 10.8 Å². The van der Waals surface area contributed by atoms with Crippen LogP contribution in [0.4, 0.5) is 11.4 Å². The lowest BCUT2D eigenvalue weighted by molar-refractivity contribution is -0.135. The smallest absolute Gasteiger partial charge is 0.324 e. The van der Waals surface area contributed by atoms with E-state index in [2.05, 4.69) is 0 Å². The average Bonchev–Trinajstić information content (AvgIpc) is 2.82. The normalized spacial score (nSPS) is 11.4. The third-order valence-electron chi connectivity index (χ3n) is 5.19. The van der Waals surface area contributed by atoms with E-state index < -0.39 is 16.0 Å². The van der Waals surface area contributed by atoms with Gasteiger partial charge in [-0.1, -0.05) is 65.7 Å². The zero-order valence-corrected chi connectivity index (χ0v) is 21.6. The summed E-state index contributed by atoms with van der Waals surface area (Å²) in [6.45, 7) is -0.350. The number of rotatable bonds is 8. The third kappa shape index (κ3) is 5.67. The number of carboxylic acid groups (broad SMARTS) is 1. The number of hydrogen-bond donors (Lipinski definition) is 1. The number of fused-ring (bicyclic) bond motifs is 1. The topological polar surface area (TPSA) is 77.9 Å². The van der Waals surface area contributed by atoms with Crippen molar-refractivity contribution in [3.05, 3.63) is 95.0 Å². The van der Waals surface area contributed by atoms with Crippen molar-refractivity contribution in [2.45, 2.75) is 9.79 Å². The second kappa shape index (κ2) is 10.4. The van der Waals surface area contributed by atoms with E-state index in [1.807, 2.05) is 24.3 Å². The summed E-state index contributed by atoms with van der Waals surface area (Å²) in [6.07, 6.45) is 0. The summed E-state index contributed by atoms with van der Waals surface area (Å²) in [5.41, 5.74) is 0.930. The molecule has 180 valence electrons. The van der Waals surface area contributed by atoms with Gasteiger partial charge in [0.1, 0.15) is 6.54 Å². The van der Waals surface area contributed by atoms with Crippen LogP contribution in [0.2, 0.25) is 10.0 Å². The van der Waals surface area contributed by atoms with Crippen molar-refractivity contribution in [1.29, 1.82) is 0 Å². The maximum Gasteiger partial charge on any atom is 0.324 e. The minimum absolute atomic E-state index is 0.155. The zero-order chi connectivity index (χ0) is 25.2. The van der Waals surface area contributed by atoms with E-state index in [1.54, 1.807) is 52.8 Å². The van der Waals surface area contributed by atoms with Gasteiger partial charge in [0, 0.05) is 27.4 Å². The molecule has 10 heteroatoms. The standard InChI is InChI=1S/C25H20Cl2N2O4S2/c1-28(35(32,33)22-8-3-2-4-9-22)20-11-17-7-5-6-10-23(17)24(15-20)29(16-25(30)31)34-21-13-18(26)12-19(27)14-21/h2-15H,16H2,1H3,(H,30,31). The lowest BCUT2D eigenvalue weighted by atomic mass is 10.1. The maximum atomic E-state index is 13.3. The van der Waals surface area contributed by atoms with E-state index in [0.717, 1.165) is 22.7 Å². The van der Waals surface area contributed by atoms with Crippen molar-refractivity contribution in [1.82, 2.24) is 0 Å². The summed E-state index contributed by atoms with van der Waals surface area (Å²) in [5.74, 6) is -1.05. The van der Waals surface area contributed by atoms with Gasteiger partial charge in [-0.3, -0.25) is 9.10 Å². The lowest BCUT2D eigenvalue weighted by Gasteiger charge is -2.26. The summed E-state index contributed by atoms with van der Waals surface area (Å²) < 4.78 is 29.3. The first kappa shape index (κ1) is 25.2. The van der Waals surface area contributed by atoms with Gasteiger partial charge in [-0.2, -0.15) is 0 Å². The molecular weight excluding hydrogens is 527 g/mol. The molecule has 4 rings (SSSR count). The second-order valence-electron chi connectivity index (χ2n) is 7.60. The van der Waals surface area contributed by atoms with Crippen molar-refractivity contribution >= 4 is 73.3 Å². The highest BCUT2D eigenvalue weighted by atomic mass is 35.5. The molecule has 4 aromatic carbocycles. The van der Waals surface area contributed by atoms with E-state index in [9.17, 15) is 18.3 Å². The summed E-state index contributed by atoms with van der Waals surface area (Å²) in [4.78, 5) is 12.6. The Hall–Kier alpha value is -2.91. The molecule has 6 nitrogen and oxygen atoms in total. The number of aliphatic carboxylic acids is 1. The van der Waals surface area contributed by atoms with E-state index in [0.29, 0.717) is 26.3 Å². The first-order valence-corrected chi connectivity index (χ1v) is 13.3. The highest BCUT2D eigenvalue weighted by molar-refractivity contribution is 8.00. The number of halogens is 2. The molecule has 0 heterocycles. The average molecular weight is 547 g/mol. The SMILES string of the molecule is CN(c1cc(N(CC(=O)O)Sc2cc(Cl)cc(Cl)c2)c2ccccc2c1)S(=O)(=O)c1ccccc1. The Morgan fingerprint density at radius 1 is 0.914 bits per heavy atom. The Balaban J connectivity index is 1.85. The summed E-state index contributed by atoms with van der Waals surface area (Å²) in [7, 11) is -2.37. The Kier molecular flexibility index (Phi) is 7.47. The quantitative estimate of drug-likeness (QED) is 0.252. The molecule has 0 aliphatic rings. The molecule has 0 atom stereocenters. The number of benzene rings is 4. The number of carbonyl (C=O) groups is 1. The first-order valence-electron chi connectivity index (χ1n) is 10.4. The third-order valence-corrected chi connectivity index (χ3v) is 8.42. The number of anilines is 2. The largest absolute Gasteiger partial charge is 0.480 e. The van der Waals surface area contributed by atoms with E-state index in [4.69, 9.17) is 23.2 Å².